The maximum absolute atomic E-state index is 12.5. The minimum Gasteiger partial charge on any atom is -0.497 e. The van der Waals surface area contributed by atoms with Crippen LogP contribution in [0.2, 0.25) is 0 Å². The van der Waals surface area contributed by atoms with E-state index in [-0.39, 0.29) is 11.8 Å². The highest BCUT2D eigenvalue weighted by atomic mass is 16.5. The summed E-state index contributed by atoms with van der Waals surface area (Å²) in [5.74, 6) is 1.38. The van der Waals surface area contributed by atoms with Crippen LogP contribution in [0.5, 0.6) is 5.75 Å². The SMILES string of the molecule is COc1cccc(CNC(=O)C2CCN(c3nnc(-c4ccccc4)o3)CC2)c1. The zero-order chi connectivity index (χ0) is 20.1. The summed E-state index contributed by atoms with van der Waals surface area (Å²) in [6, 6.07) is 17.9. The van der Waals surface area contributed by atoms with E-state index in [0.29, 0.717) is 31.5 Å². The highest BCUT2D eigenvalue weighted by Gasteiger charge is 2.27. The molecular formula is C22H24N4O3. The molecule has 0 saturated carbocycles. The van der Waals surface area contributed by atoms with Crippen molar-refractivity contribution in [1.82, 2.24) is 15.5 Å². The minimum absolute atomic E-state index is 0.00614. The van der Waals surface area contributed by atoms with Crippen molar-refractivity contribution in [2.24, 2.45) is 5.92 Å². The Balaban J connectivity index is 1.29. The number of nitrogens with one attached hydrogen (secondary N) is 1. The van der Waals surface area contributed by atoms with Gasteiger partial charge in [0.25, 0.3) is 0 Å². The number of anilines is 1. The van der Waals surface area contributed by atoms with E-state index in [1.807, 2.05) is 59.5 Å². The molecule has 0 unspecified atom stereocenters. The molecule has 0 aliphatic carbocycles. The van der Waals surface area contributed by atoms with E-state index < -0.39 is 0 Å². The fraction of sp³-hybridized carbons (Fsp3) is 0.318. The first-order valence-electron chi connectivity index (χ1n) is 9.77. The zero-order valence-corrected chi connectivity index (χ0v) is 16.4. The van der Waals surface area contributed by atoms with Gasteiger partial charge in [0.05, 0.1) is 7.11 Å². The van der Waals surface area contributed by atoms with Crippen LogP contribution in [-0.4, -0.2) is 36.3 Å². The Morgan fingerprint density at radius 3 is 2.69 bits per heavy atom. The van der Waals surface area contributed by atoms with Crippen LogP contribution in [0, 0.1) is 5.92 Å². The van der Waals surface area contributed by atoms with Gasteiger partial charge in [-0.2, -0.15) is 0 Å². The Morgan fingerprint density at radius 1 is 1.14 bits per heavy atom. The van der Waals surface area contributed by atoms with Crippen LogP contribution in [-0.2, 0) is 11.3 Å². The lowest BCUT2D eigenvalue weighted by Crippen LogP contribution is -2.40. The van der Waals surface area contributed by atoms with E-state index in [2.05, 4.69) is 15.5 Å². The maximum atomic E-state index is 12.5. The average molecular weight is 392 g/mol. The number of amides is 1. The van der Waals surface area contributed by atoms with Gasteiger partial charge in [0, 0.05) is 31.1 Å². The standard InChI is InChI=1S/C22H24N4O3/c1-28-19-9-5-6-16(14-19)15-23-20(27)17-10-12-26(13-11-17)22-25-24-21(29-22)18-7-3-2-4-8-18/h2-9,14,17H,10-13,15H2,1H3,(H,23,27). The summed E-state index contributed by atoms with van der Waals surface area (Å²) in [6.07, 6.45) is 1.51. The number of nitrogens with zero attached hydrogens (tertiary/aromatic N) is 3. The third kappa shape index (κ3) is 4.56. The highest BCUT2D eigenvalue weighted by Crippen LogP contribution is 2.26. The molecule has 0 atom stereocenters. The molecule has 2 heterocycles. The van der Waals surface area contributed by atoms with Gasteiger partial charge >= 0.3 is 6.01 Å². The quantitative estimate of drug-likeness (QED) is 0.693. The molecule has 2 aromatic carbocycles. The van der Waals surface area contributed by atoms with E-state index in [0.717, 1.165) is 29.7 Å². The van der Waals surface area contributed by atoms with E-state index >= 15 is 0 Å². The molecule has 4 rings (SSSR count). The molecule has 7 nitrogen and oxygen atoms in total. The second-order valence-corrected chi connectivity index (χ2v) is 7.09. The van der Waals surface area contributed by atoms with Crippen molar-refractivity contribution in [2.45, 2.75) is 19.4 Å². The fourth-order valence-corrected chi connectivity index (χ4v) is 3.49. The molecule has 0 radical (unpaired) electrons. The molecular weight excluding hydrogens is 368 g/mol. The second-order valence-electron chi connectivity index (χ2n) is 7.09. The summed E-state index contributed by atoms with van der Waals surface area (Å²) in [5.41, 5.74) is 1.92. The van der Waals surface area contributed by atoms with Gasteiger partial charge < -0.3 is 19.4 Å². The molecule has 1 saturated heterocycles. The summed E-state index contributed by atoms with van der Waals surface area (Å²) < 4.78 is 11.0. The number of carbonyl (C=O) groups is 1. The molecule has 3 aromatic rings. The summed E-state index contributed by atoms with van der Waals surface area (Å²) in [7, 11) is 1.64. The first kappa shape index (κ1) is 19.0. The lowest BCUT2D eigenvalue weighted by Gasteiger charge is -2.29. The lowest BCUT2D eigenvalue weighted by molar-refractivity contribution is -0.125. The van der Waals surface area contributed by atoms with Gasteiger partial charge in [-0.15, -0.1) is 5.10 Å². The first-order valence-corrected chi connectivity index (χ1v) is 9.77. The van der Waals surface area contributed by atoms with Crippen molar-refractivity contribution >= 4 is 11.9 Å². The monoisotopic (exact) mass is 392 g/mol. The number of hydrogen-bond donors (Lipinski definition) is 1. The summed E-state index contributed by atoms with van der Waals surface area (Å²) in [5, 5.41) is 11.4. The number of piperidine rings is 1. The van der Waals surface area contributed by atoms with Crippen molar-refractivity contribution in [3.8, 4) is 17.2 Å². The topological polar surface area (TPSA) is 80.5 Å². The summed E-state index contributed by atoms with van der Waals surface area (Å²) in [4.78, 5) is 14.6. The number of benzene rings is 2. The van der Waals surface area contributed by atoms with Crippen LogP contribution in [0.25, 0.3) is 11.5 Å². The molecule has 1 N–H and O–H groups in total. The van der Waals surface area contributed by atoms with E-state index in [1.165, 1.54) is 0 Å². The van der Waals surface area contributed by atoms with Crippen LogP contribution in [0.4, 0.5) is 6.01 Å². The van der Waals surface area contributed by atoms with Gasteiger partial charge in [0.2, 0.25) is 11.8 Å². The predicted octanol–water partition coefficient (Wildman–Crippen LogP) is 3.28. The number of carbonyl (C=O) groups excluding carboxylic acids is 1. The van der Waals surface area contributed by atoms with Crippen molar-refractivity contribution < 1.29 is 13.9 Å². The number of hydrogen-bond acceptors (Lipinski definition) is 6. The molecule has 1 aromatic heterocycles. The zero-order valence-electron chi connectivity index (χ0n) is 16.4. The van der Waals surface area contributed by atoms with Crippen molar-refractivity contribution in [3.05, 3.63) is 60.2 Å². The Morgan fingerprint density at radius 2 is 1.93 bits per heavy atom. The van der Waals surface area contributed by atoms with Gasteiger partial charge in [-0.25, -0.2) is 0 Å². The fourth-order valence-electron chi connectivity index (χ4n) is 3.49. The van der Waals surface area contributed by atoms with Crippen molar-refractivity contribution in [3.63, 3.8) is 0 Å². The molecule has 29 heavy (non-hydrogen) atoms. The third-order valence-corrected chi connectivity index (χ3v) is 5.17. The molecule has 1 fully saturated rings. The minimum atomic E-state index is -0.00614. The van der Waals surface area contributed by atoms with Crippen molar-refractivity contribution in [1.29, 1.82) is 0 Å². The van der Waals surface area contributed by atoms with Crippen LogP contribution in [0.1, 0.15) is 18.4 Å². The Labute approximate surface area is 169 Å². The van der Waals surface area contributed by atoms with Gasteiger partial charge in [0.1, 0.15) is 5.75 Å². The van der Waals surface area contributed by atoms with Crippen LogP contribution < -0.4 is 15.0 Å². The second kappa shape index (κ2) is 8.77. The van der Waals surface area contributed by atoms with Gasteiger partial charge in [-0.3, -0.25) is 4.79 Å². The van der Waals surface area contributed by atoms with Gasteiger partial charge in [-0.05, 0) is 42.7 Å². The molecule has 7 heteroatoms. The lowest BCUT2D eigenvalue weighted by atomic mass is 9.96. The van der Waals surface area contributed by atoms with Crippen molar-refractivity contribution in [2.75, 3.05) is 25.1 Å². The molecule has 0 bridgehead atoms. The third-order valence-electron chi connectivity index (χ3n) is 5.17. The highest BCUT2D eigenvalue weighted by molar-refractivity contribution is 5.79. The Kier molecular flexibility index (Phi) is 5.74. The van der Waals surface area contributed by atoms with Gasteiger partial charge in [-0.1, -0.05) is 35.4 Å². The number of methoxy groups -OCH3 is 1. The molecule has 1 amide bonds. The van der Waals surface area contributed by atoms with Crippen LogP contribution in [0.15, 0.2) is 59.0 Å². The first-order chi connectivity index (χ1) is 14.2. The smallest absolute Gasteiger partial charge is 0.318 e. The normalized spacial score (nSPS) is 14.6. The number of rotatable bonds is 6. The van der Waals surface area contributed by atoms with E-state index in [9.17, 15) is 4.79 Å². The maximum Gasteiger partial charge on any atom is 0.318 e. The Bertz CT molecular complexity index is 949. The van der Waals surface area contributed by atoms with E-state index in [4.69, 9.17) is 9.15 Å². The number of aromatic nitrogens is 2. The van der Waals surface area contributed by atoms with Crippen LogP contribution >= 0.6 is 0 Å². The molecule has 0 spiro atoms. The van der Waals surface area contributed by atoms with Gasteiger partial charge in [0.15, 0.2) is 0 Å². The largest absolute Gasteiger partial charge is 0.497 e. The predicted molar refractivity (Wildman–Crippen MR) is 110 cm³/mol. The van der Waals surface area contributed by atoms with Crippen LogP contribution in [0.3, 0.4) is 0 Å². The average Bonchev–Trinajstić information content (AvgIpc) is 3.29. The molecule has 150 valence electrons. The Hall–Kier alpha value is -3.35. The van der Waals surface area contributed by atoms with E-state index in [1.54, 1.807) is 7.11 Å². The summed E-state index contributed by atoms with van der Waals surface area (Å²) >= 11 is 0. The molecule has 1 aliphatic heterocycles. The number of ether oxygens (including phenoxy) is 1. The molecule has 1 aliphatic rings. The summed E-state index contributed by atoms with van der Waals surface area (Å²) in [6.45, 7) is 1.93.